The number of hydrogen-bond acceptors (Lipinski definition) is 2. The molecule has 1 fully saturated rings. The summed E-state index contributed by atoms with van der Waals surface area (Å²) in [4.78, 5) is 2.68. The van der Waals surface area contributed by atoms with Gasteiger partial charge in [-0.25, -0.2) is 0 Å². The zero-order valence-corrected chi connectivity index (χ0v) is 17.0. The molecule has 0 aromatic rings. The third kappa shape index (κ3) is 6.20. The molecule has 0 atom stereocenters. The Morgan fingerprint density at radius 2 is 1.27 bits per heavy atom. The summed E-state index contributed by atoms with van der Waals surface area (Å²) in [6, 6.07) is 0. The van der Waals surface area contributed by atoms with Gasteiger partial charge in [0.15, 0.2) is 0 Å². The van der Waals surface area contributed by atoms with Gasteiger partial charge >= 0.3 is 0 Å². The summed E-state index contributed by atoms with van der Waals surface area (Å²) in [6.07, 6.45) is 3.72. The first-order valence-electron chi connectivity index (χ1n) is 9.08. The topological polar surface area (TPSA) is 12.5 Å². The van der Waals surface area contributed by atoms with Gasteiger partial charge in [0, 0.05) is 5.54 Å². The van der Waals surface area contributed by atoms with E-state index in [1.165, 1.54) is 25.9 Å². The maximum absolute atomic E-state index is 6.30. The van der Waals surface area contributed by atoms with Crippen LogP contribution in [-0.4, -0.2) is 34.7 Å². The average Bonchev–Trinajstić information content (AvgIpc) is 2.22. The molecule has 2 heteroatoms. The van der Waals surface area contributed by atoms with Crippen LogP contribution in [0.15, 0.2) is 0 Å². The Labute approximate surface area is 140 Å². The van der Waals surface area contributed by atoms with E-state index in [9.17, 15) is 0 Å². The molecular weight excluding hydrogens is 270 g/mol. The van der Waals surface area contributed by atoms with Gasteiger partial charge in [0.25, 0.3) is 0 Å². The highest BCUT2D eigenvalue weighted by molar-refractivity contribution is 4.93. The molecule has 0 aliphatic carbocycles. The lowest BCUT2D eigenvalue weighted by Gasteiger charge is -2.49. The van der Waals surface area contributed by atoms with E-state index < -0.39 is 0 Å². The van der Waals surface area contributed by atoms with Crippen LogP contribution in [0.2, 0.25) is 0 Å². The molecule has 0 bridgehead atoms. The van der Waals surface area contributed by atoms with Crippen LogP contribution < -0.4 is 0 Å². The van der Waals surface area contributed by atoms with E-state index in [2.05, 4.69) is 74.1 Å². The Balaban J connectivity index is 2.64. The van der Waals surface area contributed by atoms with E-state index in [1.54, 1.807) is 0 Å². The Morgan fingerprint density at radius 3 is 1.64 bits per heavy atom. The fourth-order valence-electron chi connectivity index (χ4n) is 4.37. The van der Waals surface area contributed by atoms with Crippen LogP contribution in [0.1, 0.15) is 88.5 Å². The van der Waals surface area contributed by atoms with Gasteiger partial charge in [-0.3, -0.25) is 4.90 Å². The molecule has 1 aliphatic rings. The first kappa shape index (κ1) is 20.0. The summed E-state index contributed by atoms with van der Waals surface area (Å²) in [5, 5.41) is 0. The van der Waals surface area contributed by atoms with Gasteiger partial charge in [0.05, 0.1) is 11.2 Å². The fraction of sp³-hybridized carbons (Fsp3) is 1.00. The summed E-state index contributed by atoms with van der Waals surface area (Å²) in [6.45, 7) is 25.3. The molecule has 1 saturated heterocycles. The van der Waals surface area contributed by atoms with Crippen molar-refractivity contribution in [3.05, 3.63) is 0 Å². The second kappa shape index (κ2) is 6.43. The van der Waals surface area contributed by atoms with Crippen molar-refractivity contribution in [2.75, 3.05) is 13.1 Å². The number of nitrogens with zero attached hydrogens (tertiary/aromatic N) is 1. The van der Waals surface area contributed by atoms with Gasteiger partial charge in [-0.05, 0) is 92.2 Å². The predicted octanol–water partition coefficient (Wildman–Crippen LogP) is 5.51. The highest BCUT2D eigenvalue weighted by Crippen LogP contribution is 2.38. The van der Waals surface area contributed by atoms with E-state index in [-0.39, 0.29) is 16.7 Å². The first-order valence-corrected chi connectivity index (χ1v) is 9.08. The predicted molar refractivity (Wildman–Crippen MR) is 97.4 cm³/mol. The molecule has 0 amide bonds. The first-order chi connectivity index (χ1) is 9.62. The molecule has 0 aromatic heterocycles. The van der Waals surface area contributed by atoms with Crippen molar-refractivity contribution in [2.45, 2.75) is 105 Å². The van der Waals surface area contributed by atoms with Gasteiger partial charge in [-0.15, -0.1) is 0 Å². The van der Waals surface area contributed by atoms with Crippen molar-refractivity contribution in [3.63, 3.8) is 0 Å². The monoisotopic (exact) mass is 311 g/mol. The number of hydrogen-bond donors (Lipinski definition) is 0. The Kier molecular flexibility index (Phi) is 5.84. The molecule has 0 spiro atoms. The maximum atomic E-state index is 6.30. The third-order valence-corrected chi connectivity index (χ3v) is 5.02. The van der Waals surface area contributed by atoms with Crippen molar-refractivity contribution in [3.8, 4) is 0 Å². The average molecular weight is 312 g/mol. The van der Waals surface area contributed by atoms with E-state index >= 15 is 0 Å². The molecular formula is C20H41NO. The molecule has 22 heavy (non-hydrogen) atoms. The summed E-state index contributed by atoms with van der Waals surface area (Å²) >= 11 is 0. The Hall–Kier alpha value is -0.0800. The van der Waals surface area contributed by atoms with Crippen molar-refractivity contribution in [2.24, 2.45) is 11.3 Å². The summed E-state index contributed by atoms with van der Waals surface area (Å²) in [7, 11) is 0. The second-order valence-corrected chi connectivity index (χ2v) is 10.6. The van der Waals surface area contributed by atoms with Crippen LogP contribution >= 0.6 is 0 Å². The van der Waals surface area contributed by atoms with Crippen molar-refractivity contribution >= 4 is 0 Å². The van der Waals surface area contributed by atoms with E-state index in [1.807, 2.05) is 0 Å². The van der Waals surface area contributed by atoms with Crippen LogP contribution in [0.4, 0.5) is 0 Å². The number of ether oxygens (including phenoxy) is 1. The summed E-state index contributed by atoms with van der Waals surface area (Å²) in [5.74, 6) is 0.860. The SMILES string of the molecule is CC(C)(C)OC(C)(C)CC(C)(C)N1CCC(C(C)(C)C)CC1. The zero-order chi connectivity index (χ0) is 17.4. The summed E-state index contributed by atoms with van der Waals surface area (Å²) in [5.41, 5.74) is 0.462. The molecule has 2 nitrogen and oxygen atoms in total. The van der Waals surface area contributed by atoms with Gasteiger partial charge in [0.2, 0.25) is 0 Å². The number of rotatable bonds is 4. The molecule has 1 aliphatic heterocycles. The van der Waals surface area contributed by atoms with Crippen molar-refractivity contribution in [1.29, 1.82) is 0 Å². The minimum absolute atomic E-state index is 0.0845. The second-order valence-electron chi connectivity index (χ2n) is 10.6. The Morgan fingerprint density at radius 1 is 0.818 bits per heavy atom. The maximum Gasteiger partial charge on any atom is 0.0651 e. The lowest BCUT2D eigenvalue weighted by molar-refractivity contribution is -0.135. The molecule has 1 heterocycles. The van der Waals surface area contributed by atoms with E-state index in [0.717, 1.165) is 12.3 Å². The van der Waals surface area contributed by atoms with Crippen LogP contribution in [0.25, 0.3) is 0 Å². The van der Waals surface area contributed by atoms with Crippen molar-refractivity contribution in [1.82, 2.24) is 4.90 Å². The van der Waals surface area contributed by atoms with Crippen LogP contribution in [-0.2, 0) is 4.74 Å². The normalized spacial score (nSPS) is 20.5. The molecule has 1 rings (SSSR count). The summed E-state index contributed by atoms with van der Waals surface area (Å²) < 4.78 is 6.30. The molecule has 0 aromatic carbocycles. The van der Waals surface area contributed by atoms with Crippen LogP contribution in [0.5, 0.6) is 0 Å². The molecule has 0 N–H and O–H groups in total. The fourth-order valence-corrected chi connectivity index (χ4v) is 4.37. The van der Waals surface area contributed by atoms with E-state index in [0.29, 0.717) is 5.41 Å². The number of likely N-dealkylation sites (tertiary alicyclic amines) is 1. The third-order valence-electron chi connectivity index (χ3n) is 5.02. The highest BCUT2D eigenvalue weighted by Gasteiger charge is 2.39. The quantitative estimate of drug-likeness (QED) is 0.679. The minimum Gasteiger partial charge on any atom is -0.370 e. The largest absolute Gasteiger partial charge is 0.370 e. The van der Waals surface area contributed by atoms with E-state index in [4.69, 9.17) is 4.74 Å². The highest BCUT2D eigenvalue weighted by atomic mass is 16.5. The minimum atomic E-state index is -0.0946. The smallest absolute Gasteiger partial charge is 0.0651 e. The zero-order valence-electron chi connectivity index (χ0n) is 17.0. The molecule has 0 radical (unpaired) electrons. The molecule has 0 saturated carbocycles. The standard InChI is InChI=1S/C20H41NO/c1-17(2,3)16-11-13-21(14-12-16)19(7,8)15-20(9,10)22-18(4,5)6/h16H,11-15H2,1-10H3. The van der Waals surface area contributed by atoms with Gasteiger partial charge in [0.1, 0.15) is 0 Å². The van der Waals surface area contributed by atoms with Crippen LogP contribution in [0, 0.1) is 11.3 Å². The van der Waals surface area contributed by atoms with Gasteiger partial charge < -0.3 is 4.74 Å². The van der Waals surface area contributed by atoms with Crippen molar-refractivity contribution < 1.29 is 4.74 Å². The lowest BCUT2D eigenvalue weighted by atomic mass is 9.74. The van der Waals surface area contributed by atoms with Gasteiger partial charge in [-0.2, -0.15) is 0 Å². The molecule has 0 unspecified atom stereocenters. The lowest BCUT2D eigenvalue weighted by Crippen LogP contribution is -2.53. The van der Waals surface area contributed by atoms with Gasteiger partial charge in [-0.1, -0.05) is 20.8 Å². The molecule has 132 valence electrons. The van der Waals surface area contributed by atoms with Crippen LogP contribution in [0.3, 0.4) is 0 Å². The Bertz CT molecular complexity index is 349. The number of piperidine rings is 1.